The van der Waals surface area contributed by atoms with Gasteiger partial charge in [0.1, 0.15) is 5.41 Å². The minimum atomic E-state index is -0.741. The topological polar surface area (TPSA) is 32.0 Å². The Morgan fingerprint density at radius 3 is 2.43 bits per heavy atom. The molecule has 6 aliphatic rings. The summed E-state index contributed by atoms with van der Waals surface area (Å²) in [5.41, 5.74) is 17.0. The monoisotopic (exact) mass is 793 g/mol. The van der Waals surface area contributed by atoms with Crippen molar-refractivity contribution in [2.45, 2.75) is 82.0 Å². The number of aromatic nitrogens is 1. The first kappa shape index (κ1) is 34.9. The van der Waals surface area contributed by atoms with Crippen LogP contribution in [-0.4, -0.2) is 4.57 Å². The van der Waals surface area contributed by atoms with Gasteiger partial charge in [-0.2, -0.15) is 5.26 Å². The Hall–Kier alpha value is -5.89. The molecule has 5 aromatic carbocycles. The summed E-state index contributed by atoms with van der Waals surface area (Å²) in [6.45, 7) is 12.0. The van der Waals surface area contributed by atoms with Crippen LogP contribution in [0.1, 0.15) is 88.1 Å². The van der Waals surface area contributed by atoms with E-state index in [2.05, 4.69) is 184 Å². The lowest BCUT2D eigenvalue weighted by Gasteiger charge is -2.45. The quantitative estimate of drug-likeness (QED) is 0.178. The van der Waals surface area contributed by atoms with Crippen LogP contribution in [0.3, 0.4) is 0 Å². The summed E-state index contributed by atoms with van der Waals surface area (Å²) < 4.78 is 5.24. The minimum Gasteiger partial charge on any atom is -0.313 e. The molecule has 292 valence electrons. The number of anilines is 2. The molecule has 1 fully saturated rings. The van der Waals surface area contributed by atoms with Gasteiger partial charge < -0.3 is 9.47 Å². The van der Waals surface area contributed by atoms with Gasteiger partial charge in [-0.15, -0.1) is 11.3 Å². The zero-order valence-electron chi connectivity index (χ0n) is 34.9. The van der Waals surface area contributed by atoms with Gasteiger partial charge in [0, 0.05) is 43.1 Å². The average molecular weight is 794 g/mol. The van der Waals surface area contributed by atoms with E-state index in [9.17, 15) is 5.26 Å². The van der Waals surface area contributed by atoms with Crippen LogP contribution in [0.2, 0.25) is 0 Å². The number of hydrogen-bond donors (Lipinski definition) is 0. The lowest BCUT2D eigenvalue weighted by atomic mass is 9.64. The van der Waals surface area contributed by atoms with Crippen LogP contribution < -0.4 is 4.90 Å². The molecule has 60 heavy (non-hydrogen) atoms. The molecule has 7 aromatic rings. The summed E-state index contributed by atoms with van der Waals surface area (Å²) in [4.78, 5) is 2.62. The molecule has 0 spiro atoms. The standard InChI is InChI=1S/C56H47N3S/c1-53(2)40-18-9-10-19-44(40)59(47-31-41-37(30-43(47)53)35-15-6-8-17-38(35)55(41,4)32-57)46-21-14-20-45-50(46)52-51(36-16-7-11-22-48(36)60-52)58(45)34-26-27-39-42(29-34)56(5,33-24-25-33)49-23-12-13-28-54(39,49)3/h6-9,11-18,20-23,26-31,33,49H,10,19,24-25H2,1-5H3. The molecule has 1 aliphatic heterocycles. The van der Waals surface area contributed by atoms with Crippen LogP contribution >= 0.6 is 11.3 Å². The van der Waals surface area contributed by atoms with E-state index in [1.54, 1.807) is 0 Å². The third-order valence-electron chi connectivity index (χ3n) is 16.2. The van der Waals surface area contributed by atoms with E-state index in [1.807, 2.05) is 11.3 Å². The van der Waals surface area contributed by atoms with Crippen molar-refractivity contribution in [1.82, 2.24) is 4.57 Å². The Balaban J connectivity index is 1.11. The van der Waals surface area contributed by atoms with E-state index in [0.717, 1.165) is 24.0 Å². The van der Waals surface area contributed by atoms with Gasteiger partial charge in [-0.1, -0.05) is 119 Å². The van der Waals surface area contributed by atoms with Gasteiger partial charge >= 0.3 is 0 Å². The number of benzene rings is 5. The van der Waals surface area contributed by atoms with Crippen molar-refractivity contribution in [2.75, 3.05) is 4.90 Å². The summed E-state index contributed by atoms with van der Waals surface area (Å²) in [7, 11) is 0. The maximum absolute atomic E-state index is 10.9. The summed E-state index contributed by atoms with van der Waals surface area (Å²) in [5, 5.41) is 13.5. The van der Waals surface area contributed by atoms with Crippen LogP contribution in [0.5, 0.6) is 0 Å². The Morgan fingerprint density at radius 2 is 1.58 bits per heavy atom. The van der Waals surface area contributed by atoms with E-state index in [-0.39, 0.29) is 16.2 Å². The van der Waals surface area contributed by atoms with Crippen molar-refractivity contribution >= 4 is 53.9 Å². The van der Waals surface area contributed by atoms with E-state index in [1.165, 1.54) is 100 Å². The van der Waals surface area contributed by atoms with Crippen molar-refractivity contribution in [1.29, 1.82) is 5.26 Å². The molecule has 4 heteroatoms. The highest BCUT2D eigenvalue weighted by Gasteiger charge is 2.59. The van der Waals surface area contributed by atoms with Crippen LogP contribution in [0.25, 0.3) is 48.0 Å². The zero-order valence-corrected chi connectivity index (χ0v) is 35.8. The second-order valence-corrected chi connectivity index (χ2v) is 20.6. The Kier molecular flexibility index (Phi) is 6.68. The van der Waals surface area contributed by atoms with E-state index in [0.29, 0.717) is 11.8 Å². The summed E-state index contributed by atoms with van der Waals surface area (Å²) >= 11 is 1.93. The molecule has 5 aliphatic carbocycles. The molecule has 0 saturated heterocycles. The normalized spacial score (nSPS) is 26.6. The highest BCUT2D eigenvalue weighted by molar-refractivity contribution is 7.26. The molecule has 0 radical (unpaired) electrons. The third kappa shape index (κ3) is 4.10. The molecule has 0 amide bonds. The van der Waals surface area contributed by atoms with Crippen LogP contribution in [0.4, 0.5) is 11.4 Å². The number of fused-ring (bicyclic) bond motifs is 12. The smallest absolute Gasteiger partial charge is 0.106 e. The second kappa shape index (κ2) is 11.5. The molecule has 13 rings (SSSR count). The third-order valence-corrected chi connectivity index (χ3v) is 17.4. The molecule has 3 heterocycles. The van der Waals surface area contributed by atoms with Crippen molar-refractivity contribution in [3.05, 3.63) is 173 Å². The second-order valence-electron chi connectivity index (χ2n) is 19.5. The van der Waals surface area contributed by atoms with E-state index >= 15 is 0 Å². The summed E-state index contributed by atoms with van der Waals surface area (Å²) in [6, 6.07) is 39.7. The lowest BCUT2D eigenvalue weighted by molar-refractivity contribution is 0.267. The van der Waals surface area contributed by atoms with Gasteiger partial charge in [0.05, 0.1) is 33.2 Å². The number of hydrogen-bond acceptors (Lipinski definition) is 3. The number of rotatable bonds is 3. The van der Waals surface area contributed by atoms with Crippen molar-refractivity contribution in [3.8, 4) is 22.9 Å². The molecular weight excluding hydrogens is 747 g/mol. The molecule has 0 bridgehead atoms. The Labute approximate surface area is 356 Å². The van der Waals surface area contributed by atoms with Crippen LogP contribution in [0, 0.1) is 23.2 Å². The van der Waals surface area contributed by atoms with Crippen molar-refractivity contribution < 1.29 is 0 Å². The number of nitrogens with zero attached hydrogens (tertiary/aromatic N) is 3. The SMILES string of the molecule is CC1(C)C2=C(CCC=C2)N(c2cccc3c2c2sc4ccccc4c2n3-c2ccc3c(c2)C(C)(C2CC2)C2C=CC=CC32C)c2cc3c(cc21)-c1ccccc1C3(C)C#N. The Bertz CT molecular complexity index is 3280. The first-order chi connectivity index (χ1) is 29.1. The summed E-state index contributed by atoms with van der Waals surface area (Å²) in [6.07, 6.45) is 18.9. The fourth-order valence-corrected chi connectivity index (χ4v) is 14.3. The zero-order chi connectivity index (χ0) is 40.5. The van der Waals surface area contributed by atoms with Gasteiger partial charge in [-0.05, 0) is 131 Å². The number of thiophene rings is 1. The van der Waals surface area contributed by atoms with Gasteiger partial charge in [-0.3, -0.25) is 0 Å². The predicted octanol–water partition coefficient (Wildman–Crippen LogP) is 14.5. The van der Waals surface area contributed by atoms with Gasteiger partial charge in [0.25, 0.3) is 0 Å². The fraction of sp³-hybridized carbons (Fsp3) is 0.268. The average Bonchev–Trinajstić information content (AvgIpc) is 3.89. The van der Waals surface area contributed by atoms with Crippen molar-refractivity contribution in [2.24, 2.45) is 11.8 Å². The fourth-order valence-electron chi connectivity index (χ4n) is 13.0. The number of allylic oxidation sites excluding steroid dienone is 8. The molecule has 2 aromatic heterocycles. The van der Waals surface area contributed by atoms with Crippen LogP contribution in [-0.2, 0) is 21.7 Å². The molecular formula is C56H47N3S. The molecule has 3 nitrogen and oxygen atoms in total. The minimum absolute atomic E-state index is 0.00521. The Morgan fingerprint density at radius 1 is 0.750 bits per heavy atom. The highest BCUT2D eigenvalue weighted by atomic mass is 32.1. The lowest BCUT2D eigenvalue weighted by Crippen LogP contribution is -2.37. The molecule has 4 unspecified atom stereocenters. The van der Waals surface area contributed by atoms with Gasteiger partial charge in [-0.25, -0.2) is 0 Å². The number of nitriles is 1. The highest BCUT2D eigenvalue weighted by Crippen LogP contribution is 2.65. The predicted molar refractivity (Wildman–Crippen MR) is 250 cm³/mol. The van der Waals surface area contributed by atoms with E-state index < -0.39 is 5.41 Å². The van der Waals surface area contributed by atoms with E-state index in [4.69, 9.17) is 0 Å². The first-order valence-electron chi connectivity index (χ1n) is 22.0. The maximum Gasteiger partial charge on any atom is 0.106 e. The molecule has 0 N–H and O–H groups in total. The van der Waals surface area contributed by atoms with Crippen molar-refractivity contribution in [3.63, 3.8) is 0 Å². The first-order valence-corrected chi connectivity index (χ1v) is 22.8. The molecule has 1 saturated carbocycles. The van der Waals surface area contributed by atoms with Crippen LogP contribution in [0.15, 0.2) is 145 Å². The van der Waals surface area contributed by atoms with Gasteiger partial charge in [0.2, 0.25) is 0 Å². The van der Waals surface area contributed by atoms with Gasteiger partial charge in [0.15, 0.2) is 0 Å². The molecule has 4 atom stereocenters. The summed E-state index contributed by atoms with van der Waals surface area (Å²) in [5.74, 6) is 1.16. The largest absolute Gasteiger partial charge is 0.313 e. The maximum atomic E-state index is 10.9.